The molecule has 0 aromatic heterocycles. The van der Waals surface area contributed by atoms with Crippen molar-refractivity contribution in [3.8, 4) is 0 Å². The third kappa shape index (κ3) is 3.15. The third-order valence-corrected chi connectivity index (χ3v) is 2.80. The first-order valence-electron chi connectivity index (χ1n) is 5.53. The first-order chi connectivity index (χ1) is 9.42. The Morgan fingerprint density at radius 3 is 1.81 bits per heavy atom. The molecule has 0 saturated carbocycles. The van der Waals surface area contributed by atoms with Crippen LogP contribution in [-0.4, -0.2) is 60.4 Å². The average Bonchev–Trinajstić information content (AvgIpc) is 2.81. The summed E-state index contributed by atoms with van der Waals surface area (Å²) in [5, 5.41) is 0. The van der Waals surface area contributed by atoms with Gasteiger partial charge >= 0.3 is 11.8 Å². The maximum atomic E-state index is 13.5. The van der Waals surface area contributed by atoms with Gasteiger partial charge in [-0.05, 0) is 0 Å². The van der Waals surface area contributed by atoms with Crippen LogP contribution in [-0.2, 0) is 0 Å². The largest absolute Gasteiger partial charge is 0.362 e. The summed E-state index contributed by atoms with van der Waals surface area (Å²) in [6.07, 6.45) is -14.9. The Hall–Kier alpha value is -1.29. The van der Waals surface area contributed by atoms with Crippen LogP contribution in [0.4, 0.5) is 39.5 Å². The van der Waals surface area contributed by atoms with Crippen molar-refractivity contribution < 1.29 is 39.5 Å². The topological polar surface area (TPSA) is 6.48 Å². The summed E-state index contributed by atoms with van der Waals surface area (Å²) in [6, 6.07) is 0. The van der Waals surface area contributed by atoms with E-state index in [1.165, 1.54) is 7.05 Å². The summed E-state index contributed by atoms with van der Waals surface area (Å²) >= 11 is 0. The van der Waals surface area contributed by atoms with Crippen molar-refractivity contribution in [1.29, 1.82) is 0 Å². The lowest BCUT2D eigenvalue weighted by Crippen LogP contribution is -2.60. The van der Waals surface area contributed by atoms with Crippen molar-refractivity contribution in [2.24, 2.45) is 0 Å². The number of alkyl halides is 9. The molecule has 1 heterocycles. The first kappa shape index (κ1) is 17.8. The van der Waals surface area contributed by atoms with Crippen molar-refractivity contribution in [3.05, 3.63) is 12.4 Å². The highest BCUT2D eigenvalue weighted by atomic mass is 19.3. The van der Waals surface area contributed by atoms with Gasteiger partial charge in [0, 0.05) is 19.4 Å². The molecule has 0 fully saturated rings. The summed E-state index contributed by atoms with van der Waals surface area (Å²) < 4.78 is 116. The second-order valence-electron chi connectivity index (χ2n) is 4.47. The molecule has 0 N–H and O–H groups in total. The van der Waals surface area contributed by atoms with Crippen molar-refractivity contribution in [2.45, 2.75) is 36.9 Å². The second kappa shape index (κ2) is 5.84. The predicted octanol–water partition coefficient (Wildman–Crippen LogP) is 3.17. The molecule has 3 atom stereocenters. The van der Waals surface area contributed by atoms with Gasteiger partial charge in [-0.1, -0.05) is 0 Å². The van der Waals surface area contributed by atoms with Gasteiger partial charge in [-0.25, -0.2) is 22.0 Å². The first-order valence-corrected chi connectivity index (χ1v) is 5.53. The molecule has 0 bridgehead atoms. The molecule has 0 saturated heterocycles. The molecule has 21 heavy (non-hydrogen) atoms. The maximum Gasteiger partial charge on any atom is 0.361 e. The lowest BCUT2D eigenvalue weighted by molar-refractivity contribution is -0.292. The number of hydrogen-bond acceptors (Lipinski definition) is 2. The van der Waals surface area contributed by atoms with Crippen LogP contribution in [0, 0.1) is 0 Å². The van der Waals surface area contributed by atoms with E-state index in [0.29, 0.717) is 6.20 Å². The van der Waals surface area contributed by atoms with E-state index in [2.05, 4.69) is 0 Å². The molecule has 0 radical (unpaired) electrons. The van der Waals surface area contributed by atoms with Gasteiger partial charge < -0.3 is 9.80 Å². The van der Waals surface area contributed by atoms with Gasteiger partial charge in [0.25, 0.3) is 6.43 Å². The van der Waals surface area contributed by atoms with E-state index < -0.39 is 43.6 Å². The molecular weight excluding hydrogens is 319 g/mol. The lowest BCUT2D eigenvalue weighted by Gasteiger charge is -2.35. The van der Waals surface area contributed by atoms with Gasteiger partial charge in [-0.15, -0.1) is 0 Å². The van der Waals surface area contributed by atoms with E-state index >= 15 is 0 Å². The number of hydrogen-bond donors (Lipinski definition) is 0. The Morgan fingerprint density at radius 1 is 0.905 bits per heavy atom. The van der Waals surface area contributed by atoms with Gasteiger partial charge in [0.1, 0.15) is 0 Å². The second-order valence-corrected chi connectivity index (χ2v) is 4.47. The Balaban J connectivity index is 2.95. The van der Waals surface area contributed by atoms with Crippen LogP contribution < -0.4 is 0 Å². The van der Waals surface area contributed by atoms with Gasteiger partial charge in [0.05, 0.1) is 6.67 Å². The SMILES string of the molecule is CN1C=CN(C(F)C(F)(F)C(F)(F)C(F)C(F)C(F)F)C1. The molecule has 124 valence electrons. The van der Waals surface area contributed by atoms with E-state index in [1.54, 1.807) is 0 Å². The molecule has 0 aliphatic carbocycles. The standard InChI is InChI=1S/C10H11F9N2/c1-20-2-3-21(4-20)8(15)10(18,19)9(16,17)6(12)5(11)7(13)14/h2-3,5-8H,4H2,1H3. The van der Waals surface area contributed by atoms with Crippen molar-refractivity contribution >= 4 is 0 Å². The summed E-state index contributed by atoms with van der Waals surface area (Å²) in [5.74, 6) is -11.7. The quantitative estimate of drug-likeness (QED) is 0.545. The molecule has 1 aliphatic rings. The van der Waals surface area contributed by atoms with E-state index in [9.17, 15) is 39.5 Å². The number of nitrogens with zero attached hydrogens (tertiary/aromatic N) is 2. The van der Waals surface area contributed by atoms with Crippen LogP contribution in [0.15, 0.2) is 12.4 Å². The maximum absolute atomic E-state index is 13.5. The Labute approximate surface area is 113 Å². The average molecular weight is 330 g/mol. The van der Waals surface area contributed by atoms with Crippen LogP contribution >= 0.6 is 0 Å². The molecule has 1 rings (SSSR count). The molecule has 0 amide bonds. The highest BCUT2D eigenvalue weighted by Gasteiger charge is 2.70. The zero-order valence-electron chi connectivity index (χ0n) is 10.5. The summed E-state index contributed by atoms with van der Waals surface area (Å²) in [7, 11) is 1.31. The smallest absolute Gasteiger partial charge is 0.361 e. The minimum atomic E-state index is -5.95. The summed E-state index contributed by atoms with van der Waals surface area (Å²) in [6.45, 7) is -0.544. The fraction of sp³-hybridized carbons (Fsp3) is 0.800. The van der Waals surface area contributed by atoms with Gasteiger partial charge in [0.2, 0.25) is 12.5 Å². The molecule has 2 nitrogen and oxygen atoms in total. The summed E-state index contributed by atoms with van der Waals surface area (Å²) in [4.78, 5) is 1.25. The summed E-state index contributed by atoms with van der Waals surface area (Å²) in [5.41, 5.74) is 0. The molecule has 0 aromatic rings. The van der Waals surface area contributed by atoms with Gasteiger partial charge in [-0.3, -0.25) is 0 Å². The Bertz CT molecular complexity index is 387. The van der Waals surface area contributed by atoms with E-state index in [-0.39, 0.29) is 4.90 Å². The van der Waals surface area contributed by atoms with E-state index in [1.807, 2.05) is 0 Å². The monoisotopic (exact) mass is 330 g/mol. The minimum Gasteiger partial charge on any atom is -0.362 e. The fourth-order valence-corrected chi connectivity index (χ4v) is 1.58. The van der Waals surface area contributed by atoms with Crippen LogP contribution in [0.2, 0.25) is 0 Å². The molecule has 3 unspecified atom stereocenters. The van der Waals surface area contributed by atoms with Crippen molar-refractivity contribution in [3.63, 3.8) is 0 Å². The zero-order valence-corrected chi connectivity index (χ0v) is 10.5. The van der Waals surface area contributed by atoms with Crippen molar-refractivity contribution in [1.82, 2.24) is 9.80 Å². The molecule has 11 heteroatoms. The number of rotatable bonds is 6. The Morgan fingerprint density at radius 2 is 1.43 bits per heavy atom. The van der Waals surface area contributed by atoms with Crippen LogP contribution in [0.3, 0.4) is 0 Å². The lowest BCUT2D eigenvalue weighted by atomic mass is 10.0. The predicted molar refractivity (Wildman–Crippen MR) is 54.2 cm³/mol. The number of halogens is 9. The normalized spacial score (nSPS) is 21.1. The molecule has 0 spiro atoms. The van der Waals surface area contributed by atoms with Gasteiger partial charge in [-0.2, -0.15) is 17.6 Å². The molecule has 1 aliphatic heterocycles. The van der Waals surface area contributed by atoms with Crippen molar-refractivity contribution in [2.75, 3.05) is 13.7 Å². The highest BCUT2D eigenvalue weighted by molar-refractivity contribution is 5.02. The zero-order chi connectivity index (χ0) is 16.6. The molecular formula is C10H11F9N2. The molecule has 0 aromatic carbocycles. The van der Waals surface area contributed by atoms with Crippen LogP contribution in [0.5, 0.6) is 0 Å². The fourth-order valence-electron chi connectivity index (χ4n) is 1.58. The third-order valence-electron chi connectivity index (χ3n) is 2.80. The van der Waals surface area contributed by atoms with Crippen LogP contribution in [0.1, 0.15) is 0 Å². The van der Waals surface area contributed by atoms with E-state index in [4.69, 9.17) is 0 Å². The highest BCUT2D eigenvalue weighted by Crippen LogP contribution is 2.45. The van der Waals surface area contributed by atoms with Gasteiger partial charge in [0.15, 0.2) is 6.17 Å². The van der Waals surface area contributed by atoms with E-state index in [0.717, 1.165) is 11.1 Å². The van der Waals surface area contributed by atoms with Crippen LogP contribution in [0.25, 0.3) is 0 Å². The Kier molecular flexibility index (Phi) is 4.94. The minimum absolute atomic E-state index is 0.107.